The van der Waals surface area contributed by atoms with Crippen LogP contribution in [0.3, 0.4) is 0 Å². The van der Waals surface area contributed by atoms with Gasteiger partial charge in [-0.3, -0.25) is 9.59 Å². The van der Waals surface area contributed by atoms with E-state index >= 15 is 0 Å². The summed E-state index contributed by atoms with van der Waals surface area (Å²) in [5.41, 5.74) is 0. The van der Waals surface area contributed by atoms with E-state index in [0.717, 1.165) is 6.42 Å². The molecule has 3 heteroatoms. The number of ether oxygens (including phenoxy) is 1. The Morgan fingerprint density at radius 3 is 2.53 bits per heavy atom. The SMILES string of the molecule is C=CCC(CC(=O)CCC)CC(=O)OC. The molecule has 0 aliphatic carbocycles. The fraction of sp³-hybridized carbons (Fsp3) is 0.667. The van der Waals surface area contributed by atoms with E-state index in [2.05, 4.69) is 11.3 Å². The molecule has 0 spiro atoms. The van der Waals surface area contributed by atoms with Crippen molar-refractivity contribution in [1.82, 2.24) is 0 Å². The Bertz CT molecular complexity index is 221. The van der Waals surface area contributed by atoms with Gasteiger partial charge in [-0.25, -0.2) is 0 Å². The molecule has 0 saturated heterocycles. The molecule has 86 valence electrons. The summed E-state index contributed by atoms with van der Waals surface area (Å²) in [7, 11) is 1.36. The first-order chi connectivity index (χ1) is 7.13. The summed E-state index contributed by atoms with van der Waals surface area (Å²) >= 11 is 0. The van der Waals surface area contributed by atoms with E-state index in [1.807, 2.05) is 6.92 Å². The molecule has 0 rings (SSSR count). The van der Waals surface area contributed by atoms with Crippen LogP contribution < -0.4 is 0 Å². The zero-order valence-corrected chi connectivity index (χ0v) is 9.62. The van der Waals surface area contributed by atoms with E-state index in [9.17, 15) is 9.59 Å². The highest BCUT2D eigenvalue weighted by Gasteiger charge is 2.16. The second kappa shape index (κ2) is 8.21. The fourth-order valence-corrected chi connectivity index (χ4v) is 1.50. The van der Waals surface area contributed by atoms with Gasteiger partial charge >= 0.3 is 5.97 Å². The first-order valence-electron chi connectivity index (χ1n) is 5.33. The summed E-state index contributed by atoms with van der Waals surface area (Å²) in [6.07, 6.45) is 4.64. The third-order valence-corrected chi connectivity index (χ3v) is 2.23. The Morgan fingerprint density at radius 2 is 2.07 bits per heavy atom. The Hall–Kier alpha value is -1.12. The number of hydrogen-bond acceptors (Lipinski definition) is 3. The highest BCUT2D eigenvalue weighted by Crippen LogP contribution is 2.16. The van der Waals surface area contributed by atoms with Crippen molar-refractivity contribution >= 4 is 11.8 Å². The molecule has 0 N–H and O–H groups in total. The van der Waals surface area contributed by atoms with Crippen LogP contribution >= 0.6 is 0 Å². The summed E-state index contributed by atoms with van der Waals surface area (Å²) < 4.78 is 4.58. The van der Waals surface area contributed by atoms with Crippen LogP contribution in [0.15, 0.2) is 12.7 Å². The maximum absolute atomic E-state index is 11.4. The van der Waals surface area contributed by atoms with Crippen molar-refractivity contribution in [3.63, 3.8) is 0 Å². The van der Waals surface area contributed by atoms with E-state index in [1.54, 1.807) is 6.08 Å². The van der Waals surface area contributed by atoms with Gasteiger partial charge in [-0.15, -0.1) is 6.58 Å². The van der Waals surface area contributed by atoms with Gasteiger partial charge in [0.15, 0.2) is 0 Å². The smallest absolute Gasteiger partial charge is 0.305 e. The van der Waals surface area contributed by atoms with Crippen molar-refractivity contribution in [3.8, 4) is 0 Å². The molecule has 0 aromatic rings. The lowest BCUT2D eigenvalue weighted by atomic mass is 9.94. The van der Waals surface area contributed by atoms with Gasteiger partial charge in [0.25, 0.3) is 0 Å². The molecular weight excluding hydrogens is 192 g/mol. The van der Waals surface area contributed by atoms with Gasteiger partial charge in [0.2, 0.25) is 0 Å². The lowest BCUT2D eigenvalue weighted by Gasteiger charge is -2.12. The molecule has 15 heavy (non-hydrogen) atoms. The molecule has 0 saturated carbocycles. The quantitative estimate of drug-likeness (QED) is 0.458. The number of ketones is 1. The maximum atomic E-state index is 11.4. The first-order valence-corrected chi connectivity index (χ1v) is 5.33. The van der Waals surface area contributed by atoms with Crippen molar-refractivity contribution in [2.24, 2.45) is 5.92 Å². The third-order valence-electron chi connectivity index (χ3n) is 2.23. The standard InChI is InChI=1S/C12H20O3/c1-4-6-10(9-12(14)15-3)8-11(13)7-5-2/h4,10H,1,5-9H2,2-3H3. The molecule has 0 radical (unpaired) electrons. The van der Waals surface area contributed by atoms with Crippen LogP contribution in [0.1, 0.15) is 39.0 Å². The van der Waals surface area contributed by atoms with Gasteiger partial charge in [0, 0.05) is 19.3 Å². The molecule has 0 bridgehead atoms. The van der Waals surface area contributed by atoms with Crippen LogP contribution in [0.2, 0.25) is 0 Å². The average molecular weight is 212 g/mol. The van der Waals surface area contributed by atoms with Crippen molar-refractivity contribution in [2.45, 2.75) is 39.0 Å². The van der Waals surface area contributed by atoms with Crippen molar-refractivity contribution in [2.75, 3.05) is 7.11 Å². The summed E-state index contributed by atoms with van der Waals surface area (Å²) in [5, 5.41) is 0. The normalized spacial score (nSPS) is 11.9. The molecule has 0 amide bonds. The molecule has 3 nitrogen and oxygen atoms in total. The summed E-state index contributed by atoms with van der Waals surface area (Å²) in [6.45, 7) is 5.60. The van der Waals surface area contributed by atoms with E-state index in [1.165, 1.54) is 7.11 Å². The summed E-state index contributed by atoms with van der Waals surface area (Å²) in [6, 6.07) is 0. The van der Waals surface area contributed by atoms with Crippen LogP contribution in [0.4, 0.5) is 0 Å². The van der Waals surface area contributed by atoms with Crippen LogP contribution in [0.25, 0.3) is 0 Å². The zero-order valence-electron chi connectivity index (χ0n) is 9.62. The molecule has 0 aromatic heterocycles. The van der Waals surface area contributed by atoms with Crippen LogP contribution in [0, 0.1) is 5.92 Å². The minimum atomic E-state index is -0.258. The van der Waals surface area contributed by atoms with Gasteiger partial charge in [0.05, 0.1) is 7.11 Å². The van der Waals surface area contributed by atoms with Gasteiger partial charge < -0.3 is 4.74 Å². The molecule has 0 aliphatic heterocycles. The fourth-order valence-electron chi connectivity index (χ4n) is 1.50. The second-order valence-corrected chi connectivity index (χ2v) is 3.66. The number of carbonyl (C=O) groups is 2. The topological polar surface area (TPSA) is 43.4 Å². The molecular formula is C12H20O3. The average Bonchev–Trinajstić information content (AvgIpc) is 2.18. The molecule has 0 aromatic carbocycles. The summed E-state index contributed by atoms with van der Waals surface area (Å²) in [4.78, 5) is 22.5. The van der Waals surface area contributed by atoms with E-state index in [-0.39, 0.29) is 17.7 Å². The second-order valence-electron chi connectivity index (χ2n) is 3.66. The number of rotatable bonds is 8. The Kier molecular flexibility index (Phi) is 7.60. The number of allylic oxidation sites excluding steroid dienone is 1. The van der Waals surface area contributed by atoms with E-state index < -0.39 is 0 Å². The van der Waals surface area contributed by atoms with Crippen LogP contribution in [-0.4, -0.2) is 18.9 Å². The zero-order chi connectivity index (χ0) is 11.7. The molecule has 1 unspecified atom stereocenters. The monoisotopic (exact) mass is 212 g/mol. The number of esters is 1. The summed E-state index contributed by atoms with van der Waals surface area (Å²) in [5.74, 6) is 0.00778. The van der Waals surface area contributed by atoms with E-state index in [0.29, 0.717) is 25.7 Å². The third kappa shape index (κ3) is 6.89. The highest BCUT2D eigenvalue weighted by molar-refractivity contribution is 5.79. The highest BCUT2D eigenvalue weighted by atomic mass is 16.5. The molecule has 0 heterocycles. The minimum absolute atomic E-state index is 0.0500. The van der Waals surface area contributed by atoms with Gasteiger partial charge in [0.1, 0.15) is 5.78 Å². The largest absolute Gasteiger partial charge is 0.469 e. The lowest BCUT2D eigenvalue weighted by Crippen LogP contribution is -2.13. The van der Waals surface area contributed by atoms with Gasteiger partial charge in [-0.05, 0) is 18.8 Å². The van der Waals surface area contributed by atoms with Crippen LogP contribution in [0.5, 0.6) is 0 Å². The first kappa shape index (κ1) is 13.9. The van der Waals surface area contributed by atoms with Crippen molar-refractivity contribution < 1.29 is 14.3 Å². The van der Waals surface area contributed by atoms with Crippen LogP contribution in [-0.2, 0) is 14.3 Å². The lowest BCUT2D eigenvalue weighted by molar-refractivity contribution is -0.141. The van der Waals surface area contributed by atoms with E-state index in [4.69, 9.17) is 0 Å². The molecule has 0 aliphatic rings. The van der Waals surface area contributed by atoms with Gasteiger partial charge in [-0.1, -0.05) is 13.0 Å². The number of methoxy groups -OCH3 is 1. The molecule has 0 fully saturated rings. The Balaban J connectivity index is 4.08. The number of Topliss-reactive ketones (excluding diaryl/α,β-unsaturated/α-hetero) is 1. The van der Waals surface area contributed by atoms with Crippen molar-refractivity contribution in [3.05, 3.63) is 12.7 Å². The number of hydrogen-bond donors (Lipinski definition) is 0. The minimum Gasteiger partial charge on any atom is -0.469 e. The Morgan fingerprint density at radius 1 is 1.40 bits per heavy atom. The predicted octanol–water partition coefficient (Wildman–Crippen LogP) is 2.50. The number of carbonyl (C=O) groups excluding carboxylic acids is 2. The predicted molar refractivity (Wildman–Crippen MR) is 59.5 cm³/mol. The van der Waals surface area contributed by atoms with Gasteiger partial charge in [-0.2, -0.15) is 0 Å². The van der Waals surface area contributed by atoms with Crippen molar-refractivity contribution in [1.29, 1.82) is 0 Å². The molecule has 1 atom stereocenters. The maximum Gasteiger partial charge on any atom is 0.305 e. The Labute approximate surface area is 91.5 Å².